The highest BCUT2D eigenvalue weighted by atomic mass is 79.9. The van der Waals surface area contributed by atoms with E-state index in [9.17, 15) is 5.11 Å². The topological polar surface area (TPSA) is 89.3 Å². The molecule has 6 nitrogen and oxygen atoms in total. The second-order valence-electron chi connectivity index (χ2n) is 3.99. The first-order valence-electron chi connectivity index (χ1n) is 4.99. The van der Waals surface area contributed by atoms with Gasteiger partial charge in [0, 0.05) is 5.92 Å². The zero-order chi connectivity index (χ0) is 11.3. The van der Waals surface area contributed by atoms with E-state index < -0.39 is 0 Å². The van der Waals surface area contributed by atoms with Crippen LogP contribution in [-0.2, 0) is 0 Å². The highest BCUT2D eigenvalue weighted by Crippen LogP contribution is 2.37. The standard InChI is InChI=1S/C9H10BrN5O/c10-7-6-8(11)12-3-13-15(6)9(14-7)4-1-5(16)2-4/h3-5,16H,1-2H2,(H2,11,12,13). The van der Waals surface area contributed by atoms with Crippen molar-refractivity contribution < 1.29 is 5.11 Å². The molecule has 0 aromatic carbocycles. The van der Waals surface area contributed by atoms with Gasteiger partial charge in [0.15, 0.2) is 5.82 Å². The average molecular weight is 284 g/mol. The zero-order valence-corrected chi connectivity index (χ0v) is 9.92. The van der Waals surface area contributed by atoms with Crippen LogP contribution in [0.4, 0.5) is 5.82 Å². The van der Waals surface area contributed by atoms with Gasteiger partial charge in [-0.25, -0.2) is 14.5 Å². The molecule has 1 saturated carbocycles. The molecule has 0 saturated heterocycles. The molecule has 0 aliphatic heterocycles. The summed E-state index contributed by atoms with van der Waals surface area (Å²) in [5, 5.41) is 13.4. The van der Waals surface area contributed by atoms with Gasteiger partial charge in [0.25, 0.3) is 0 Å². The van der Waals surface area contributed by atoms with E-state index in [1.165, 1.54) is 6.33 Å². The summed E-state index contributed by atoms with van der Waals surface area (Å²) in [7, 11) is 0. The van der Waals surface area contributed by atoms with E-state index in [1.807, 2.05) is 0 Å². The van der Waals surface area contributed by atoms with Crippen LogP contribution in [0.1, 0.15) is 24.6 Å². The third-order valence-corrected chi connectivity index (χ3v) is 3.47. The number of anilines is 1. The lowest BCUT2D eigenvalue weighted by molar-refractivity contribution is 0.0711. The summed E-state index contributed by atoms with van der Waals surface area (Å²) in [6, 6.07) is 0. The molecule has 2 heterocycles. The van der Waals surface area contributed by atoms with Crippen molar-refractivity contribution in [3.8, 4) is 0 Å². The van der Waals surface area contributed by atoms with Gasteiger partial charge in [0.05, 0.1) is 6.10 Å². The molecule has 0 unspecified atom stereocenters. The van der Waals surface area contributed by atoms with Gasteiger partial charge in [-0.2, -0.15) is 5.10 Å². The maximum absolute atomic E-state index is 9.31. The SMILES string of the molecule is Nc1ncnn2c(C3CC(O)C3)nc(Br)c12. The van der Waals surface area contributed by atoms with E-state index in [1.54, 1.807) is 4.52 Å². The van der Waals surface area contributed by atoms with E-state index in [2.05, 4.69) is 31.0 Å². The van der Waals surface area contributed by atoms with Crippen LogP contribution < -0.4 is 5.73 Å². The largest absolute Gasteiger partial charge is 0.393 e. The number of nitrogen functional groups attached to an aromatic ring is 1. The lowest BCUT2D eigenvalue weighted by Crippen LogP contribution is -2.28. The van der Waals surface area contributed by atoms with Gasteiger partial charge in [0.1, 0.15) is 22.3 Å². The molecule has 2 aromatic rings. The Hall–Kier alpha value is -1.21. The third-order valence-electron chi connectivity index (χ3n) is 2.92. The number of fused-ring (bicyclic) bond motifs is 1. The summed E-state index contributed by atoms with van der Waals surface area (Å²) in [5.74, 6) is 1.49. The minimum absolute atomic E-state index is 0.213. The Morgan fingerprint density at radius 3 is 2.94 bits per heavy atom. The van der Waals surface area contributed by atoms with Crippen molar-refractivity contribution in [3.63, 3.8) is 0 Å². The first kappa shape index (κ1) is 9.98. The van der Waals surface area contributed by atoms with E-state index in [0.29, 0.717) is 15.9 Å². The van der Waals surface area contributed by atoms with E-state index in [0.717, 1.165) is 18.7 Å². The van der Waals surface area contributed by atoms with Crippen LogP contribution in [0, 0.1) is 0 Å². The van der Waals surface area contributed by atoms with Crippen LogP contribution in [0.2, 0.25) is 0 Å². The van der Waals surface area contributed by atoms with E-state index >= 15 is 0 Å². The number of nitrogens with zero attached hydrogens (tertiary/aromatic N) is 4. The highest BCUT2D eigenvalue weighted by molar-refractivity contribution is 9.10. The van der Waals surface area contributed by atoms with Gasteiger partial charge in [-0.05, 0) is 28.8 Å². The molecule has 0 radical (unpaired) electrons. The summed E-state index contributed by atoms with van der Waals surface area (Å²) in [5.41, 5.74) is 6.46. The molecule has 1 aliphatic carbocycles. The Balaban J connectivity index is 2.16. The summed E-state index contributed by atoms with van der Waals surface area (Å²) in [4.78, 5) is 8.32. The molecule has 0 spiro atoms. The lowest BCUT2D eigenvalue weighted by atomic mass is 9.82. The van der Waals surface area contributed by atoms with Gasteiger partial charge in [-0.3, -0.25) is 0 Å². The molecule has 84 valence electrons. The predicted octanol–water partition coefficient (Wildman–Crippen LogP) is 0.707. The normalized spacial score (nSPS) is 24.6. The second-order valence-corrected chi connectivity index (χ2v) is 4.74. The summed E-state index contributed by atoms with van der Waals surface area (Å²) >= 11 is 3.35. The number of rotatable bonds is 1. The molecule has 0 amide bonds. The fourth-order valence-electron chi connectivity index (χ4n) is 2.00. The fourth-order valence-corrected chi connectivity index (χ4v) is 2.55. The van der Waals surface area contributed by atoms with Gasteiger partial charge < -0.3 is 10.8 Å². The van der Waals surface area contributed by atoms with Gasteiger partial charge >= 0.3 is 0 Å². The maximum atomic E-state index is 9.31. The first-order chi connectivity index (χ1) is 7.66. The maximum Gasteiger partial charge on any atom is 0.154 e. The number of hydrogen-bond donors (Lipinski definition) is 2. The highest BCUT2D eigenvalue weighted by Gasteiger charge is 2.33. The van der Waals surface area contributed by atoms with Crippen LogP contribution >= 0.6 is 15.9 Å². The van der Waals surface area contributed by atoms with Crippen molar-refractivity contribution in [2.45, 2.75) is 24.9 Å². The van der Waals surface area contributed by atoms with E-state index in [4.69, 9.17) is 5.73 Å². The summed E-state index contributed by atoms with van der Waals surface area (Å²) < 4.78 is 2.35. The lowest BCUT2D eigenvalue weighted by Gasteiger charge is -2.29. The monoisotopic (exact) mass is 283 g/mol. The molecule has 1 fully saturated rings. The molecule has 7 heteroatoms. The molecule has 2 aromatic heterocycles. The fraction of sp³-hybridized carbons (Fsp3) is 0.444. The molecular weight excluding hydrogens is 274 g/mol. The van der Waals surface area contributed by atoms with Crippen molar-refractivity contribution >= 4 is 27.3 Å². The Morgan fingerprint density at radius 1 is 1.50 bits per heavy atom. The third kappa shape index (κ3) is 1.31. The van der Waals surface area contributed by atoms with Crippen molar-refractivity contribution in [1.29, 1.82) is 0 Å². The molecular formula is C9H10BrN5O. The minimum atomic E-state index is -0.213. The number of aliphatic hydroxyl groups excluding tert-OH is 1. The Bertz CT molecular complexity index is 548. The number of nitrogens with two attached hydrogens (primary N) is 1. The molecule has 16 heavy (non-hydrogen) atoms. The van der Waals surface area contributed by atoms with Crippen LogP contribution in [-0.4, -0.2) is 30.8 Å². The molecule has 3 rings (SSSR count). The summed E-state index contributed by atoms with van der Waals surface area (Å²) in [6.07, 6.45) is 2.66. The van der Waals surface area contributed by atoms with Gasteiger partial charge in [-0.1, -0.05) is 0 Å². The van der Waals surface area contributed by atoms with E-state index in [-0.39, 0.29) is 12.0 Å². The Kier molecular flexibility index (Phi) is 2.11. The quantitative estimate of drug-likeness (QED) is 0.805. The Labute approximate surface area is 99.6 Å². The molecule has 1 aliphatic rings. The molecule has 0 atom stereocenters. The smallest absolute Gasteiger partial charge is 0.154 e. The van der Waals surface area contributed by atoms with Crippen molar-refractivity contribution in [1.82, 2.24) is 19.6 Å². The predicted molar refractivity (Wildman–Crippen MR) is 60.9 cm³/mol. The van der Waals surface area contributed by atoms with Crippen LogP contribution in [0.25, 0.3) is 5.52 Å². The van der Waals surface area contributed by atoms with Crippen molar-refractivity contribution in [2.24, 2.45) is 0 Å². The zero-order valence-electron chi connectivity index (χ0n) is 8.34. The van der Waals surface area contributed by atoms with Crippen LogP contribution in [0.3, 0.4) is 0 Å². The molecule has 0 bridgehead atoms. The Morgan fingerprint density at radius 2 is 2.25 bits per heavy atom. The first-order valence-corrected chi connectivity index (χ1v) is 5.78. The molecule has 3 N–H and O–H groups in total. The van der Waals surface area contributed by atoms with Crippen LogP contribution in [0.15, 0.2) is 10.9 Å². The van der Waals surface area contributed by atoms with Crippen molar-refractivity contribution in [3.05, 3.63) is 16.8 Å². The number of aromatic nitrogens is 4. The second kappa shape index (κ2) is 3.39. The van der Waals surface area contributed by atoms with Gasteiger partial charge in [-0.15, -0.1) is 0 Å². The minimum Gasteiger partial charge on any atom is -0.393 e. The number of aliphatic hydroxyl groups is 1. The average Bonchev–Trinajstić information content (AvgIpc) is 2.53. The number of halogens is 1. The number of hydrogen-bond acceptors (Lipinski definition) is 5. The summed E-state index contributed by atoms with van der Waals surface area (Å²) in [6.45, 7) is 0. The van der Waals surface area contributed by atoms with Gasteiger partial charge in [0.2, 0.25) is 0 Å². The van der Waals surface area contributed by atoms with Crippen LogP contribution in [0.5, 0.6) is 0 Å². The van der Waals surface area contributed by atoms with Crippen molar-refractivity contribution in [2.75, 3.05) is 5.73 Å². The number of imidazole rings is 1.